The molecular weight excluding hydrogens is 832 g/mol. The first-order chi connectivity index (χ1) is 27.8. The van der Waals surface area contributed by atoms with Gasteiger partial charge in [0.15, 0.2) is 29.5 Å². The summed E-state index contributed by atoms with van der Waals surface area (Å²) in [6.45, 7) is 2.57. The third-order valence-corrected chi connectivity index (χ3v) is 11.1. The van der Waals surface area contributed by atoms with Crippen LogP contribution in [0.2, 0.25) is 0 Å². The molecule has 2 aliphatic heterocycles. The van der Waals surface area contributed by atoms with E-state index in [4.69, 9.17) is 34.7 Å². The number of nitrogen functional groups attached to an aromatic ring is 2. The molecule has 2 aliphatic rings. The molecule has 5 heterocycles. The summed E-state index contributed by atoms with van der Waals surface area (Å²) in [5, 5.41) is 34.3. The zero-order valence-electron chi connectivity index (χ0n) is 31.5. The zero-order valence-corrected chi connectivity index (χ0v) is 33.3. The van der Waals surface area contributed by atoms with Crippen LogP contribution in [0, 0.1) is 5.92 Å². The van der Waals surface area contributed by atoms with Gasteiger partial charge in [-0.25, -0.2) is 33.7 Å². The van der Waals surface area contributed by atoms with Crippen LogP contribution < -0.4 is 17.2 Å². The number of phosphoric acid groups is 2. The lowest BCUT2D eigenvalue weighted by molar-refractivity contribution is -0.174. The summed E-state index contributed by atoms with van der Waals surface area (Å²) in [5.74, 6) is -4.31. The molecule has 0 spiro atoms. The Hall–Kier alpha value is -4.27. The number of carboxylic acids is 1. The van der Waals surface area contributed by atoms with Gasteiger partial charge in [-0.05, 0) is 18.9 Å². The third-order valence-electron chi connectivity index (χ3n) is 9.66. The van der Waals surface area contributed by atoms with Crippen molar-refractivity contribution in [2.24, 2.45) is 5.92 Å². The molecule has 0 radical (unpaired) electrons. The van der Waals surface area contributed by atoms with Crippen LogP contribution in [0.3, 0.4) is 0 Å². The lowest BCUT2D eigenvalue weighted by Gasteiger charge is -2.44. The van der Waals surface area contributed by atoms with Gasteiger partial charge in [-0.1, -0.05) is 13.0 Å². The number of imidazole rings is 1. The molecule has 1 amide bonds. The number of hydrogen-bond acceptors (Lipinski definition) is 19. The van der Waals surface area contributed by atoms with Gasteiger partial charge < -0.3 is 60.6 Å². The lowest BCUT2D eigenvalue weighted by Crippen LogP contribution is -2.67. The molecule has 2 saturated heterocycles. The second-order valence-electron chi connectivity index (χ2n) is 13.4. The number of nitrogens with two attached hydrogens (primary N) is 2. The number of rotatable bonds is 20. The number of likely N-dealkylation sites (N-methyl/N-ethyl adjacent to an activating group) is 1. The van der Waals surface area contributed by atoms with Crippen LogP contribution in [0.4, 0.5) is 11.6 Å². The number of hydrogen-bond donors (Lipinski definition) is 8. The number of carbonyl (C=O) groups is 2. The summed E-state index contributed by atoms with van der Waals surface area (Å²) in [6, 6.07) is 1.16. The topological polar surface area (TPSA) is 379 Å². The first-order valence-corrected chi connectivity index (χ1v) is 20.8. The van der Waals surface area contributed by atoms with Gasteiger partial charge >= 0.3 is 27.3 Å². The van der Waals surface area contributed by atoms with Crippen molar-refractivity contribution in [2.45, 2.75) is 74.7 Å². The molecule has 5 unspecified atom stereocenters. The van der Waals surface area contributed by atoms with Gasteiger partial charge in [-0.3, -0.25) is 27.5 Å². The fourth-order valence-corrected chi connectivity index (χ4v) is 8.17. The van der Waals surface area contributed by atoms with Gasteiger partial charge in [0.25, 0.3) is 0 Å². The number of allylic oxidation sites excluding steroid dienone is 1. The lowest BCUT2D eigenvalue weighted by atomic mass is 9.76. The first kappa shape index (κ1) is 45.8. The molecule has 3 aromatic rings. The Balaban J connectivity index is 1.52. The Kier molecular flexibility index (Phi) is 14.4. The van der Waals surface area contributed by atoms with Crippen molar-refractivity contribution >= 4 is 50.3 Å². The van der Waals surface area contributed by atoms with E-state index in [1.54, 1.807) is 6.92 Å². The number of carboxylic acid groups (broad SMARTS) is 1. The van der Waals surface area contributed by atoms with Crippen LogP contribution in [0.25, 0.3) is 11.2 Å². The molecule has 0 aromatic carbocycles. The van der Waals surface area contributed by atoms with Gasteiger partial charge in [-0.2, -0.15) is 4.98 Å². The quantitative estimate of drug-likeness (QED) is 0.0370. The van der Waals surface area contributed by atoms with Crippen molar-refractivity contribution in [3.05, 3.63) is 48.1 Å². The largest absolute Gasteiger partial charge is 0.479 e. The highest BCUT2D eigenvalue weighted by Gasteiger charge is 2.63. The minimum Gasteiger partial charge on any atom is -0.479 e. The van der Waals surface area contributed by atoms with Gasteiger partial charge in [-0.15, -0.1) is 6.58 Å². The van der Waals surface area contributed by atoms with Crippen LogP contribution in [0.1, 0.15) is 38.6 Å². The van der Waals surface area contributed by atoms with E-state index in [0.29, 0.717) is 6.42 Å². The average Bonchev–Trinajstić information content (AvgIpc) is 3.83. The highest BCUT2D eigenvalue weighted by Crippen LogP contribution is 2.51. The molecule has 28 heteroatoms. The number of carbonyl (C=O) groups excluding carboxylic acids is 1. The fourth-order valence-electron chi connectivity index (χ4n) is 6.87. The smallest absolute Gasteiger partial charge is 0.472 e. The SMILES string of the molecule is C=CCCC(=O)N(C)[C@](COCCC)(C(=O)O)C1C(COP(=O)(O)O[C@H]2[C@@H](O)[C@H](n3ccc(N)nc3=O)O[C@@H]2COP(=O)(O)O)OC(n2cnc3c(N)ncnc32)C1O. The number of aliphatic hydroxyl groups excluding tert-OH is 2. The molecule has 59 heavy (non-hydrogen) atoms. The summed E-state index contributed by atoms with van der Waals surface area (Å²) in [7, 11) is -9.51. The van der Waals surface area contributed by atoms with Crippen LogP contribution in [-0.2, 0) is 46.5 Å². The fraction of sp³-hybridized carbons (Fsp3) is 0.581. The van der Waals surface area contributed by atoms with Crippen LogP contribution in [0.15, 0.2) is 42.4 Å². The number of aromatic nitrogens is 6. The predicted molar refractivity (Wildman–Crippen MR) is 198 cm³/mol. The number of anilines is 2. The van der Waals surface area contributed by atoms with E-state index >= 15 is 0 Å². The van der Waals surface area contributed by atoms with E-state index < -0.39 is 107 Å². The second-order valence-corrected chi connectivity index (χ2v) is 16.1. The van der Waals surface area contributed by atoms with Crippen LogP contribution in [-0.4, -0.2) is 145 Å². The predicted octanol–water partition coefficient (Wildman–Crippen LogP) is -1.33. The first-order valence-electron chi connectivity index (χ1n) is 17.8. The maximum atomic E-state index is 13.7. The van der Waals surface area contributed by atoms with E-state index in [-0.39, 0.29) is 42.2 Å². The Bertz CT molecular complexity index is 2150. The summed E-state index contributed by atoms with van der Waals surface area (Å²) in [4.78, 5) is 86.0. The normalized spacial score (nSPS) is 26.7. The highest BCUT2D eigenvalue weighted by molar-refractivity contribution is 7.47. The van der Waals surface area contributed by atoms with E-state index in [2.05, 4.69) is 31.0 Å². The Labute approximate surface area is 334 Å². The van der Waals surface area contributed by atoms with Gasteiger partial charge in [0, 0.05) is 26.3 Å². The second kappa shape index (κ2) is 18.6. The van der Waals surface area contributed by atoms with Gasteiger partial charge in [0.2, 0.25) is 5.91 Å². The van der Waals surface area contributed by atoms with Crippen molar-refractivity contribution < 1.29 is 76.5 Å². The molecule has 10 atom stereocenters. The minimum atomic E-state index is -5.50. The number of phosphoric ester groups is 2. The number of ether oxygens (including phenoxy) is 3. The van der Waals surface area contributed by atoms with Crippen LogP contribution in [0.5, 0.6) is 0 Å². The van der Waals surface area contributed by atoms with Crippen LogP contribution >= 0.6 is 15.6 Å². The van der Waals surface area contributed by atoms with Crippen molar-refractivity contribution in [1.29, 1.82) is 0 Å². The number of amides is 1. The molecule has 3 aromatic heterocycles. The average molecular weight is 878 g/mol. The molecule has 10 N–H and O–H groups in total. The van der Waals surface area contributed by atoms with E-state index in [1.807, 2.05) is 0 Å². The summed E-state index contributed by atoms with van der Waals surface area (Å²) in [6.07, 6.45) is -7.44. The standard InChI is InChI=1S/C31H45N9O17P2/c1-4-6-7-19(41)38(3)31(29(44)45,13-52-10-5-2)20-16(55-27(22(20)42)40-15-36-21-25(33)34-14-35-26(21)40)11-54-59(50,51)57-24-17(12-53-58(47,48)49)56-28(23(24)43)39-9-8-18(32)37-30(39)46/h4,8-9,14-17,20,22-24,27-28,42-43H,1,5-7,10-13H2,2-3H3,(H,44,45)(H,50,51)(H2,32,37,46)(H2,33,34,35)(H2,47,48,49)/t16?,17-,20?,22?,23-,24-,27?,28-,31+/m1/s1. The van der Waals surface area contributed by atoms with Gasteiger partial charge in [0.1, 0.15) is 42.1 Å². The molecular formula is C31H45N9O17P2. The molecule has 326 valence electrons. The van der Waals surface area contributed by atoms with E-state index in [9.17, 15) is 53.5 Å². The van der Waals surface area contributed by atoms with Crippen molar-refractivity contribution in [2.75, 3.05) is 44.9 Å². The third kappa shape index (κ3) is 9.86. The van der Waals surface area contributed by atoms with E-state index in [1.165, 1.54) is 24.0 Å². The highest BCUT2D eigenvalue weighted by atomic mass is 31.2. The summed E-state index contributed by atoms with van der Waals surface area (Å²) < 4.78 is 59.8. The van der Waals surface area contributed by atoms with Crippen molar-refractivity contribution in [3.8, 4) is 0 Å². The Morgan fingerprint density at radius 3 is 2.37 bits per heavy atom. The molecule has 0 aliphatic carbocycles. The molecule has 26 nitrogen and oxygen atoms in total. The summed E-state index contributed by atoms with van der Waals surface area (Å²) in [5.41, 5.74) is 8.14. The molecule has 5 rings (SSSR count). The number of fused-ring (bicyclic) bond motifs is 1. The molecule has 0 saturated carbocycles. The number of nitrogens with zero attached hydrogens (tertiary/aromatic N) is 7. The van der Waals surface area contributed by atoms with Gasteiger partial charge in [0.05, 0.1) is 38.2 Å². The van der Waals surface area contributed by atoms with E-state index in [0.717, 1.165) is 28.1 Å². The number of aliphatic carboxylic acids is 1. The maximum Gasteiger partial charge on any atom is 0.472 e. The molecule has 2 fully saturated rings. The summed E-state index contributed by atoms with van der Waals surface area (Å²) >= 11 is 0. The maximum absolute atomic E-state index is 13.7. The Morgan fingerprint density at radius 2 is 1.73 bits per heavy atom. The van der Waals surface area contributed by atoms with Crippen molar-refractivity contribution in [3.63, 3.8) is 0 Å². The Morgan fingerprint density at radius 1 is 1.05 bits per heavy atom. The minimum absolute atomic E-state index is 0.0260. The molecule has 0 bridgehead atoms. The van der Waals surface area contributed by atoms with Crippen molar-refractivity contribution in [1.82, 2.24) is 34.0 Å². The zero-order chi connectivity index (χ0) is 43.4. The monoisotopic (exact) mass is 877 g/mol. The number of aliphatic hydroxyl groups is 2.